The first-order chi connectivity index (χ1) is 10.9. The molecule has 2 heterocycles. The van der Waals surface area contributed by atoms with Gasteiger partial charge in [-0.3, -0.25) is 4.90 Å². The Bertz CT molecular complexity index is 747. The summed E-state index contributed by atoms with van der Waals surface area (Å²) in [5.41, 5.74) is 5.35. The number of benzene rings is 2. The predicted molar refractivity (Wildman–Crippen MR) is 85.6 cm³/mol. The predicted octanol–water partition coefficient (Wildman–Crippen LogP) is 2.83. The molecule has 0 fully saturated rings. The quantitative estimate of drug-likeness (QED) is 0.744. The molecule has 0 radical (unpaired) electrons. The lowest BCUT2D eigenvalue weighted by atomic mass is 9.99. The molecule has 0 amide bonds. The summed E-state index contributed by atoms with van der Waals surface area (Å²) in [6.45, 7) is 3.16. The van der Waals surface area contributed by atoms with Gasteiger partial charge in [0.05, 0.1) is 5.69 Å². The molecule has 1 aliphatic rings. The fourth-order valence-corrected chi connectivity index (χ4v) is 3.04. The van der Waals surface area contributed by atoms with Crippen molar-refractivity contribution in [3.63, 3.8) is 0 Å². The molecule has 4 nitrogen and oxygen atoms in total. The van der Waals surface area contributed by atoms with E-state index >= 15 is 0 Å². The summed E-state index contributed by atoms with van der Waals surface area (Å²) >= 11 is 0. The van der Waals surface area contributed by atoms with Crippen molar-refractivity contribution in [2.45, 2.75) is 19.5 Å². The summed E-state index contributed by atoms with van der Waals surface area (Å²) in [6.07, 6.45) is 4.42. The van der Waals surface area contributed by atoms with Crippen LogP contribution in [0.25, 0.3) is 5.69 Å². The van der Waals surface area contributed by atoms with Gasteiger partial charge < -0.3 is 0 Å². The van der Waals surface area contributed by atoms with E-state index in [0.717, 1.165) is 31.7 Å². The molecule has 0 atom stereocenters. The Hall–Kier alpha value is -2.46. The largest absolute Gasteiger partial charge is 0.294 e. The third-order valence-corrected chi connectivity index (χ3v) is 4.24. The molecule has 0 saturated carbocycles. The zero-order valence-electron chi connectivity index (χ0n) is 12.4. The van der Waals surface area contributed by atoms with Crippen molar-refractivity contribution in [2.75, 3.05) is 6.54 Å². The monoisotopic (exact) mass is 290 g/mol. The van der Waals surface area contributed by atoms with E-state index < -0.39 is 0 Å². The summed E-state index contributed by atoms with van der Waals surface area (Å²) in [5, 5.41) is 4.15. The van der Waals surface area contributed by atoms with Gasteiger partial charge in [0, 0.05) is 19.6 Å². The fourth-order valence-electron chi connectivity index (χ4n) is 3.04. The minimum atomic E-state index is 0.992. The maximum absolute atomic E-state index is 4.15. The first-order valence-electron chi connectivity index (χ1n) is 7.61. The maximum Gasteiger partial charge on any atom is 0.138 e. The smallest absolute Gasteiger partial charge is 0.138 e. The standard InChI is InChI=1S/C18H18N4/c1-2-4-17-12-21(10-9-16(17)3-1)11-15-5-7-18(8-6-15)22-14-19-13-20-22/h1-8,13-14H,9-12H2. The van der Waals surface area contributed by atoms with Gasteiger partial charge in [-0.2, -0.15) is 5.10 Å². The van der Waals surface area contributed by atoms with Gasteiger partial charge in [-0.05, 0) is 35.2 Å². The van der Waals surface area contributed by atoms with E-state index in [9.17, 15) is 0 Å². The number of nitrogens with zero attached hydrogens (tertiary/aromatic N) is 4. The van der Waals surface area contributed by atoms with Crippen molar-refractivity contribution in [1.29, 1.82) is 0 Å². The second kappa shape index (κ2) is 5.73. The van der Waals surface area contributed by atoms with Gasteiger partial charge >= 0.3 is 0 Å². The molecule has 3 aromatic rings. The lowest BCUT2D eigenvalue weighted by Gasteiger charge is -2.28. The summed E-state index contributed by atoms with van der Waals surface area (Å²) in [7, 11) is 0. The molecule has 0 saturated heterocycles. The normalized spacial score (nSPS) is 14.7. The molecule has 4 rings (SSSR count). The number of aromatic nitrogens is 3. The average molecular weight is 290 g/mol. The Labute approximate surface area is 130 Å². The van der Waals surface area contributed by atoms with Crippen LogP contribution in [0.2, 0.25) is 0 Å². The van der Waals surface area contributed by atoms with E-state index in [1.165, 1.54) is 16.7 Å². The van der Waals surface area contributed by atoms with Crippen molar-refractivity contribution >= 4 is 0 Å². The van der Waals surface area contributed by atoms with Crippen LogP contribution in [0.5, 0.6) is 0 Å². The van der Waals surface area contributed by atoms with Gasteiger partial charge in [0.15, 0.2) is 0 Å². The first-order valence-corrected chi connectivity index (χ1v) is 7.61. The van der Waals surface area contributed by atoms with Crippen LogP contribution in [0.15, 0.2) is 61.2 Å². The zero-order valence-corrected chi connectivity index (χ0v) is 12.4. The van der Waals surface area contributed by atoms with Crippen molar-refractivity contribution in [2.24, 2.45) is 0 Å². The first kappa shape index (κ1) is 13.2. The molecule has 1 aliphatic heterocycles. The van der Waals surface area contributed by atoms with Crippen LogP contribution in [0.4, 0.5) is 0 Å². The highest BCUT2D eigenvalue weighted by Gasteiger charge is 2.15. The van der Waals surface area contributed by atoms with E-state index in [0.29, 0.717) is 0 Å². The molecule has 110 valence electrons. The number of fused-ring (bicyclic) bond motifs is 1. The van der Waals surface area contributed by atoms with Crippen LogP contribution in [0, 0.1) is 0 Å². The number of hydrogen-bond donors (Lipinski definition) is 0. The molecule has 1 aromatic heterocycles. The second-order valence-electron chi connectivity index (χ2n) is 5.74. The Balaban J connectivity index is 1.46. The van der Waals surface area contributed by atoms with Gasteiger partial charge in [0.2, 0.25) is 0 Å². The molecular weight excluding hydrogens is 272 g/mol. The Kier molecular flexibility index (Phi) is 3.45. The van der Waals surface area contributed by atoms with Crippen LogP contribution >= 0.6 is 0 Å². The molecule has 0 bridgehead atoms. The second-order valence-corrected chi connectivity index (χ2v) is 5.74. The molecule has 0 aliphatic carbocycles. The summed E-state index contributed by atoms with van der Waals surface area (Å²) in [6, 6.07) is 17.3. The molecule has 0 unspecified atom stereocenters. The van der Waals surface area contributed by atoms with Crippen molar-refractivity contribution in [1.82, 2.24) is 19.7 Å². The topological polar surface area (TPSA) is 34.0 Å². The van der Waals surface area contributed by atoms with E-state index in [4.69, 9.17) is 0 Å². The third-order valence-electron chi connectivity index (χ3n) is 4.24. The lowest BCUT2D eigenvalue weighted by Crippen LogP contribution is -2.29. The van der Waals surface area contributed by atoms with Crippen LogP contribution in [0.1, 0.15) is 16.7 Å². The van der Waals surface area contributed by atoms with Gasteiger partial charge in [-0.15, -0.1) is 0 Å². The molecule has 2 aromatic carbocycles. The Morgan fingerprint density at radius 2 is 1.77 bits per heavy atom. The Morgan fingerprint density at radius 1 is 0.955 bits per heavy atom. The molecule has 22 heavy (non-hydrogen) atoms. The van der Waals surface area contributed by atoms with E-state index in [1.54, 1.807) is 17.3 Å². The highest BCUT2D eigenvalue weighted by Crippen LogP contribution is 2.20. The molecule has 0 N–H and O–H groups in total. The van der Waals surface area contributed by atoms with Gasteiger partial charge in [0.25, 0.3) is 0 Å². The molecule has 4 heteroatoms. The SMILES string of the molecule is c1ccc2c(c1)CCN(Cc1ccc(-n3cncn3)cc1)C2. The average Bonchev–Trinajstić information content (AvgIpc) is 3.10. The highest BCUT2D eigenvalue weighted by atomic mass is 15.3. The van der Waals surface area contributed by atoms with E-state index in [2.05, 4.69) is 63.5 Å². The zero-order chi connectivity index (χ0) is 14.8. The van der Waals surface area contributed by atoms with Crippen LogP contribution < -0.4 is 0 Å². The fraction of sp³-hybridized carbons (Fsp3) is 0.222. The molecular formula is C18H18N4. The third kappa shape index (κ3) is 2.65. The minimum absolute atomic E-state index is 0.992. The summed E-state index contributed by atoms with van der Waals surface area (Å²) in [4.78, 5) is 6.49. The van der Waals surface area contributed by atoms with Gasteiger partial charge in [-0.1, -0.05) is 36.4 Å². The number of hydrogen-bond acceptors (Lipinski definition) is 3. The Morgan fingerprint density at radius 3 is 2.55 bits per heavy atom. The van der Waals surface area contributed by atoms with E-state index in [1.807, 2.05) is 0 Å². The lowest BCUT2D eigenvalue weighted by molar-refractivity contribution is 0.245. The van der Waals surface area contributed by atoms with Crippen molar-refractivity contribution in [3.05, 3.63) is 77.9 Å². The van der Waals surface area contributed by atoms with Crippen molar-refractivity contribution in [3.8, 4) is 5.69 Å². The van der Waals surface area contributed by atoms with E-state index in [-0.39, 0.29) is 0 Å². The summed E-state index contributed by atoms with van der Waals surface area (Å²) in [5.74, 6) is 0. The van der Waals surface area contributed by atoms with Gasteiger partial charge in [-0.25, -0.2) is 9.67 Å². The van der Waals surface area contributed by atoms with Crippen molar-refractivity contribution < 1.29 is 0 Å². The van der Waals surface area contributed by atoms with Crippen LogP contribution in [0.3, 0.4) is 0 Å². The highest BCUT2D eigenvalue weighted by molar-refractivity contribution is 5.34. The number of rotatable bonds is 3. The van der Waals surface area contributed by atoms with Gasteiger partial charge in [0.1, 0.15) is 12.7 Å². The van der Waals surface area contributed by atoms with Crippen LogP contribution in [-0.2, 0) is 19.5 Å². The van der Waals surface area contributed by atoms with Crippen LogP contribution in [-0.4, -0.2) is 26.2 Å². The summed E-state index contributed by atoms with van der Waals surface area (Å²) < 4.78 is 1.78. The maximum atomic E-state index is 4.15. The minimum Gasteiger partial charge on any atom is -0.294 e. The molecule has 0 spiro atoms.